The lowest BCUT2D eigenvalue weighted by Gasteiger charge is -1.98. The van der Waals surface area contributed by atoms with Crippen molar-refractivity contribution >= 4 is 22.0 Å². The summed E-state index contributed by atoms with van der Waals surface area (Å²) in [5, 5.41) is 0. The number of rotatable bonds is 0. The van der Waals surface area contributed by atoms with Crippen LogP contribution in [0.5, 0.6) is 0 Å². The van der Waals surface area contributed by atoms with Crippen LogP contribution in [0.15, 0.2) is 23.7 Å². The first kappa shape index (κ1) is 7.99. The molecule has 0 unspecified atom stereocenters. The van der Waals surface area contributed by atoms with Crippen molar-refractivity contribution in [1.29, 1.82) is 0 Å². The van der Waals surface area contributed by atoms with Crippen LogP contribution in [0.1, 0.15) is 0 Å². The fourth-order valence-corrected chi connectivity index (χ4v) is 1.66. The van der Waals surface area contributed by atoms with Gasteiger partial charge in [-0.15, -0.1) is 8.42 Å². The van der Waals surface area contributed by atoms with E-state index >= 15 is 0 Å². The van der Waals surface area contributed by atoms with Crippen LogP contribution in [0.25, 0.3) is 0 Å². The van der Waals surface area contributed by atoms with Gasteiger partial charge in [0.05, 0.1) is 0 Å². The van der Waals surface area contributed by atoms with Crippen molar-refractivity contribution in [3.63, 3.8) is 0 Å². The summed E-state index contributed by atoms with van der Waals surface area (Å²) in [5.74, 6) is -2.52. The molecule has 0 aromatic heterocycles. The molecule has 2 rings (SSSR count). The first-order chi connectivity index (χ1) is 5.99. The van der Waals surface area contributed by atoms with Crippen molar-refractivity contribution in [2.45, 2.75) is 0 Å². The molecular formula is C6H2O6S. The second kappa shape index (κ2) is 2.19. The molecule has 0 aromatic carbocycles. The SMILES string of the molecule is O=C1C=CC(=O)C2=C1OS(=O)(=O)O2. The minimum atomic E-state index is -4.25. The summed E-state index contributed by atoms with van der Waals surface area (Å²) >= 11 is 0. The molecule has 68 valence electrons. The highest BCUT2D eigenvalue weighted by Crippen LogP contribution is 2.27. The summed E-state index contributed by atoms with van der Waals surface area (Å²) in [7, 11) is -4.25. The molecule has 2 aliphatic rings. The predicted molar refractivity (Wildman–Crippen MR) is 37.3 cm³/mol. The first-order valence-electron chi connectivity index (χ1n) is 3.14. The third-order valence-corrected chi connectivity index (χ3v) is 2.15. The molecule has 6 nitrogen and oxygen atoms in total. The van der Waals surface area contributed by atoms with Crippen LogP contribution in [0.4, 0.5) is 0 Å². The molecular weight excluding hydrogens is 200 g/mol. The lowest BCUT2D eigenvalue weighted by atomic mass is 10.1. The molecule has 1 heterocycles. The van der Waals surface area contributed by atoms with E-state index in [9.17, 15) is 18.0 Å². The van der Waals surface area contributed by atoms with Crippen molar-refractivity contribution in [3.8, 4) is 0 Å². The van der Waals surface area contributed by atoms with Gasteiger partial charge in [-0.05, 0) is 12.2 Å². The average molecular weight is 202 g/mol. The molecule has 13 heavy (non-hydrogen) atoms. The minimum Gasteiger partial charge on any atom is -0.344 e. The molecule has 0 saturated carbocycles. The van der Waals surface area contributed by atoms with E-state index in [1.807, 2.05) is 0 Å². The van der Waals surface area contributed by atoms with Crippen LogP contribution < -0.4 is 0 Å². The number of allylic oxidation sites excluding steroid dienone is 2. The molecule has 0 fully saturated rings. The number of hydrogen-bond acceptors (Lipinski definition) is 6. The van der Waals surface area contributed by atoms with Crippen molar-refractivity contribution in [1.82, 2.24) is 0 Å². The lowest BCUT2D eigenvalue weighted by molar-refractivity contribution is -0.117. The number of ketones is 2. The van der Waals surface area contributed by atoms with Gasteiger partial charge < -0.3 is 8.37 Å². The van der Waals surface area contributed by atoms with Gasteiger partial charge in [-0.2, -0.15) is 0 Å². The lowest BCUT2D eigenvalue weighted by Crippen LogP contribution is -2.11. The third kappa shape index (κ3) is 1.13. The maximum absolute atomic E-state index is 10.9. The fourth-order valence-electron chi connectivity index (χ4n) is 0.905. The van der Waals surface area contributed by atoms with Crippen LogP contribution in [0.2, 0.25) is 0 Å². The van der Waals surface area contributed by atoms with Crippen LogP contribution in [-0.2, 0) is 28.4 Å². The van der Waals surface area contributed by atoms with E-state index in [2.05, 4.69) is 8.37 Å². The Morgan fingerprint density at radius 3 is 1.69 bits per heavy atom. The molecule has 0 atom stereocenters. The van der Waals surface area contributed by atoms with Gasteiger partial charge in [0.15, 0.2) is 0 Å². The van der Waals surface area contributed by atoms with Gasteiger partial charge in [-0.1, -0.05) is 0 Å². The van der Waals surface area contributed by atoms with E-state index in [1.165, 1.54) is 0 Å². The van der Waals surface area contributed by atoms with Crippen molar-refractivity contribution < 1.29 is 26.4 Å². The highest BCUT2D eigenvalue weighted by molar-refractivity contribution is 7.82. The van der Waals surface area contributed by atoms with E-state index in [0.717, 1.165) is 12.2 Å². The second-order valence-electron chi connectivity index (χ2n) is 2.29. The Morgan fingerprint density at radius 2 is 1.31 bits per heavy atom. The fraction of sp³-hybridized carbons (Fsp3) is 0. The van der Waals surface area contributed by atoms with Crippen LogP contribution in [-0.4, -0.2) is 20.0 Å². The minimum absolute atomic E-state index is 0.562. The van der Waals surface area contributed by atoms with Gasteiger partial charge in [0, 0.05) is 0 Å². The quantitative estimate of drug-likeness (QED) is 0.478. The summed E-state index contributed by atoms with van der Waals surface area (Å²) in [6.45, 7) is 0. The summed E-state index contributed by atoms with van der Waals surface area (Å²) < 4.78 is 29.6. The van der Waals surface area contributed by atoms with E-state index < -0.39 is 33.5 Å². The molecule has 7 heteroatoms. The Kier molecular flexibility index (Phi) is 1.35. The van der Waals surface area contributed by atoms with Crippen LogP contribution in [0, 0.1) is 0 Å². The van der Waals surface area contributed by atoms with Gasteiger partial charge in [0.2, 0.25) is 23.1 Å². The molecule has 0 amide bonds. The first-order valence-corrected chi connectivity index (χ1v) is 4.48. The van der Waals surface area contributed by atoms with E-state index in [-0.39, 0.29) is 0 Å². The highest BCUT2D eigenvalue weighted by Gasteiger charge is 2.40. The van der Waals surface area contributed by atoms with Gasteiger partial charge in [0.1, 0.15) is 0 Å². The maximum atomic E-state index is 10.9. The second-order valence-corrected chi connectivity index (χ2v) is 3.44. The van der Waals surface area contributed by atoms with Gasteiger partial charge >= 0.3 is 10.4 Å². The standard InChI is InChI=1S/C6H2O6S/c7-3-1-2-4(8)6-5(3)11-13(9,10)12-6/h1-2H. The molecule has 0 radical (unpaired) electrons. The summed E-state index contributed by atoms with van der Waals surface area (Å²) in [4.78, 5) is 21.9. The van der Waals surface area contributed by atoms with Gasteiger partial charge in [-0.25, -0.2) is 0 Å². The van der Waals surface area contributed by atoms with Crippen molar-refractivity contribution in [3.05, 3.63) is 23.7 Å². The third-order valence-electron chi connectivity index (χ3n) is 1.41. The molecule has 1 aliphatic heterocycles. The maximum Gasteiger partial charge on any atom is 0.501 e. The normalized spacial score (nSPS) is 24.0. The molecule has 0 aromatic rings. The summed E-state index contributed by atoms with van der Waals surface area (Å²) in [6.07, 6.45) is 1.84. The van der Waals surface area contributed by atoms with Crippen LogP contribution >= 0.6 is 0 Å². The topological polar surface area (TPSA) is 86.7 Å². The average Bonchev–Trinajstić information content (AvgIpc) is 2.35. The zero-order valence-electron chi connectivity index (χ0n) is 6.01. The monoisotopic (exact) mass is 202 g/mol. The Hall–Kier alpha value is -1.63. The Balaban J connectivity index is 2.53. The highest BCUT2D eigenvalue weighted by atomic mass is 32.3. The summed E-state index contributed by atoms with van der Waals surface area (Å²) in [5.41, 5.74) is 0. The molecule has 0 spiro atoms. The smallest absolute Gasteiger partial charge is 0.344 e. The molecule has 0 saturated heterocycles. The summed E-state index contributed by atoms with van der Waals surface area (Å²) in [6, 6.07) is 0. The number of carbonyl (C=O) groups excluding carboxylic acids is 2. The zero-order chi connectivity index (χ0) is 9.64. The zero-order valence-corrected chi connectivity index (χ0v) is 6.83. The van der Waals surface area contributed by atoms with Crippen molar-refractivity contribution in [2.24, 2.45) is 0 Å². The largest absolute Gasteiger partial charge is 0.501 e. The van der Waals surface area contributed by atoms with E-state index in [1.54, 1.807) is 0 Å². The Labute approximate surface area is 72.8 Å². The number of hydrogen-bond donors (Lipinski definition) is 0. The van der Waals surface area contributed by atoms with E-state index in [0.29, 0.717) is 0 Å². The van der Waals surface area contributed by atoms with Crippen LogP contribution in [0.3, 0.4) is 0 Å². The molecule has 1 aliphatic carbocycles. The predicted octanol–water partition coefficient (Wildman–Crippen LogP) is -0.802. The van der Waals surface area contributed by atoms with Crippen molar-refractivity contribution in [2.75, 3.05) is 0 Å². The molecule has 0 bridgehead atoms. The Morgan fingerprint density at radius 1 is 0.923 bits per heavy atom. The van der Waals surface area contributed by atoms with Gasteiger partial charge in [-0.3, -0.25) is 9.59 Å². The molecule has 0 N–H and O–H groups in total. The Bertz CT molecular complexity index is 429. The van der Waals surface area contributed by atoms with E-state index in [4.69, 9.17) is 0 Å². The van der Waals surface area contributed by atoms with Gasteiger partial charge in [0.25, 0.3) is 0 Å². The number of carbonyl (C=O) groups is 2.